The Morgan fingerprint density at radius 3 is 1.89 bits per heavy atom. The number of nitrogens with one attached hydrogen (secondary N) is 1. The van der Waals surface area contributed by atoms with Crippen molar-refractivity contribution < 1.29 is 10.3 Å². The second kappa shape index (κ2) is 4.63. The Kier molecular flexibility index (Phi) is 3.85. The molecule has 0 aliphatic heterocycles. The van der Waals surface area contributed by atoms with E-state index in [2.05, 4.69) is 4.98 Å². The quantitative estimate of drug-likeness (QED) is 0.400. The summed E-state index contributed by atoms with van der Waals surface area (Å²) in [6, 6.07) is 3.89. The first-order valence-electron chi connectivity index (χ1n) is 2.14. The summed E-state index contributed by atoms with van der Waals surface area (Å²) in [5, 5.41) is 13.6. The van der Waals surface area contributed by atoms with E-state index in [-0.39, 0.29) is 0 Å². The number of aromatic nitrogens is 1. The molecule has 50 valence electrons. The Morgan fingerprint density at radius 2 is 1.78 bits per heavy atom. The van der Waals surface area contributed by atoms with Gasteiger partial charge in [0.05, 0.1) is 0 Å². The van der Waals surface area contributed by atoms with Gasteiger partial charge in [0.1, 0.15) is 0 Å². The van der Waals surface area contributed by atoms with Gasteiger partial charge in [0, 0.05) is 12.4 Å². The number of H-pyrrole nitrogens is 1. The second-order valence-corrected chi connectivity index (χ2v) is 1.12. The van der Waals surface area contributed by atoms with E-state index in [0.717, 1.165) is 0 Å². The largest absolute Gasteiger partial charge is 0.368 e. The molecule has 0 amide bonds. The fourth-order valence-electron chi connectivity index (χ4n) is 0.278. The number of rotatable bonds is 0. The van der Waals surface area contributed by atoms with Crippen LogP contribution in [0.3, 0.4) is 0 Å². The molecule has 0 bridgehead atoms. The highest BCUT2D eigenvalue weighted by molar-refractivity contribution is 4.84. The van der Waals surface area contributed by atoms with Gasteiger partial charge in [0.15, 0.2) is 0 Å². The summed E-state index contributed by atoms with van der Waals surface area (Å²) in [6.07, 6.45) is 3.75. The standard InChI is InChI=1S/C4H5N.HNO3/c1-2-4-5-3-1;2-1(3)4/h1-5H;(H,2,3,4). The lowest BCUT2D eigenvalue weighted by molar-refractivity contribution is -0.742. The maximum atomic E-state index is 8.36. The van der Waals surface area contributed by atoms with Crippen LogP contribution >= 0.6 is 0 Å². The molecule has 0 atom stereocenters. The van der Waals surface area contributed by atoms with Crippen molar-refractivity contribution in [3.63, 3.8) is 0 Å². The van der Waals surface area contributed by atoms with Crippen LogP contribution in [-0.4, -0.2) is 15.3 Å². The van der Waals surface area contributed by atoms with E-state index in [1.165, 1.54) is 0 Å². The van der Waals surface area contributed by atoms with Crippen molar-refractivity contribution in [1.29, 1.82) is 0 Å². The van der Waals surface area contributed by atoms with Crippen molar-refractivity contribution >= 4 is 0 Å². The molecular weight excluding hydrogens is 124 g/mol. The fraction of sp³-hybridized carbons (Fsp3) is 0. The number of hydrogen-bond donors (Lipinski definition) is 2. The van der Waals surface area contributed by atoms with Gasteiger partial charge < -0.3 is 10.2 Å². The minimum atomic E-state index is -1.50. The Hall–Kier alpha value is -1.52. The van der Waals surface area contributed by atoms with E-state index in [9.17, 15) is 0 Å². The molecule has 0 saturated carbocycles. The normalized spacial score (nSPS) is 7.11. The summed E-state index contributed by atoms with van der Waals surface area (Å²) in [4.78, 5) is 11.2. The van der Waals surface area contributed by atoms with Crippen molar-refractivity contribution in [2.75, 3.05) is 0 Å². The Bertz CT molecular complexity index is 128. The van der Waals surface area contributed by atoms with E-state index in [1.807, 2.05) is 24.5 Å². The predicted molar refractivity (Wildman–Crippen MR) is 29.6 cm³/mol. The van der Waals surface area contributed by atoms with Gasteiger partial charge in [-0.25, -0.2) is 0 Å². The minimum absolute atomic E-state index is 1.50. The summed E-state index contributed by atoms with van der Waals surface area (Å²) in [5.74, 6) is 0. The van der Waals surface area contributed by atoms with Crippen LogP contribution in [0.4, 0.5) is 0 Å². The van der Waals surface area contributed by atoms with Crippen LogP contribution in [0.25, 0.3) is 0 Å². The lowest BCUT2D eigenvalue weighted by Crippen LogP contribution is -1.81. The molecular formula is C4H6N2O3. The summed E-state index contributed by atoms with van der Waals surface area (Å²) in [5.41, 5.74) is 0. The first-order chi connectivity index (χ1) is 4.23. The molecule has 0 aliphatic carbocycles. The van der Waals surface area contributed by atoms with Gasteiger partial charge in [-0.3, -0.25) is 0 Å². The van der Waals surface area contributed by atoms with E-state index in [4.69, 9.17) is 15.3 Å². The first-order valence-corrected chi connectivity index (χ1v) is 2.14. The van der Waals surface area contributed by atoms with Gasteiger partial charge in [0.25, 0.3) is 5.09 Å². The van der Waals surface area contributed by atoms with Gasteiger partial charge in [-0.05, 0) is 12.1 Å². The molecule has 1 aromatic rings. The molecule has 0 aliphatic rings. The SMILES string of the molecule is O=[N+]([O-])O.c1cc[nH]c1. The summed E-state index contributed by atoms with van der Waals surface area (Å²) >= 11 is 0. The molecule has 1 heterocycles. The molecule has 1 rings (SSSR count). The Morgan fingerprint density at radius 1 is 1.44 bits per heavy atom. The van der Waals surface area contributed by atoms with Crippen molar-refractivity contribution in [1.82, 2.24) is 4.98 Å². The second-order valence-electron chi connectivity index (χ2n) is 1.12. The zero-order valence-electron chi connectivity index (χ0n) is 4.52. The minimum Gasteiger partial charge on any atom is -0.368 e. The molecule has 2 N–H and O–H groups in total. The monoisotopic (exact) mass is 130 g/mol. The Labute approximate surface area is 51.0 Å². The molecule has 5 nitrogen and oxygen atoms in total. The van der Waals surface area contributed by atoms with E-state index >= 15 is 0 Å². The average Bonchev–Trinajstić information content (AvgIpc) is 2.11. The van der Waals surface area contributed by atoms with Crippen molar-refractivity contribution in [3.8, 4) is 0 Å². The summed E-state index contributed by atoms with van der Waals surface area (Å²) in [7, 11) is 0. The summed E-state index contributed by atoms with van der Waals surface area (Å²) in [6.45, 7) is 0. The fourth-order valence-corrected chi connectivity index (χ4v) is 0.278. The van der Waals surface area contributed by atoms with Crippen molar-refractivity contribution in [2.24, 2.45) is 0 Å². The topological polar surface area (TPSA) is 79.2 Å². The number of nitrogens with zero attached hydrogens (tertiary/aromatic N) is 1. The van der Waals surface area contributed by atoms with E-state index in [0.29, 0.717) is 0 Å². The maximum Gasteiger partial charge on any atom is 0.291 e. The highest BCUT2D eigenvalue weighted by Crippen LogP contribution is 1.72. The molecule has 9 heavy (non-hydrogen) atoms. The van der Waals surface area contributed by atoms with Crippen LogP contribution in [0.15, 0.2) is 24.5 Å². The Balaban J connectivity index is 0.000000148. The lowest BCUT2D eigenvalue weighted by Gasteiger charge is -1.56. The van der Waals surface area contributed by atoms with Crippen molar-refractivity contribution in [3.05, 3.63) is 34.6 Å². The molecule has 5 heteroatoms. The van der Waals surface area contributed by atoms with Crippen LogP contribution < -0.4 is 0 Å². The third kappa shape index (κ3) is 10.7. The van der Waals surface area contributed by atoms with E-state index < -0.39 is 5.09 Å². The summed E-state index contributed by atoms with van der Waals surface area (Å²) < 4.78 is 0. The number of hydrogen-bond acceptors (Lipinski definition) is 2. The smallest absolute Gasteiger partial charge is 0.291 e. The van der Waals surface area contributed by atoms with Gasteiger partial charge in [-0.15, -0.1) is 10.1 Å². The molecule has 0 aromatic carbocycles. The predicted octanol–water partition coefficient (Wildman–Crippen LogP) is 0.667. The van der Waals surface area contributed by atoms with Crippen LogP contribution in [0, 0.1) is 10.1 Å². The molecule has 0 radical (unpaired) electrons. The van der Waals surface area contributed by atoms with Crippen LogP contribution in [0.1, 0.15) is 0 Å². The van der Waals surface area contributed by atoms with Gasteiger partial charge in [0.2, 0.25) is 0 Å². The van der Waals surface area contributed by atoms with Gasteiger partial charge in [-0.2, -0.15) is 0 Å². The molecule has 0 fully saturated rings. The highest BCUT2D eigenvalue weighted by Gasteiger charge is 1.65. The molecule has 1 aromatic heterocycles. The highest BCUT2D eigenvalue weighted by atomic mass is 16.9. The number of aromatic amines is 1. The third-order valence-corrected chi connectivity index (χ3v) is 0.496. The first kappa shape index (κ1) is 7.48. The lowest BCUT2D eigenvalue weighted by atomic mass is 10.7. The zero-order valence-corrected chi connectivity index (χ0v) is 4.52. The molecule has 0 unspecified atom stereocenters. The van der Waals surface area contributed by atoms with Crippen molar-refractivity contribution in [2.45, 2.75) is 0 Å². The van der Waals surface area contributed by atoms with Gasteiger partial charge >= 0.3 is 0 Å². The van der Waals surface area contributed by atoms with Crippen LogP contribution in [0.2, 0.25) is 0 Å². The van der Waals surface area contributed by atoms with Crippen LogP contribution in [-0.2, 0) is 0 Å². The van der Waals surface area contributed by atoms with E-state index in [1.54, 1.807) is 0 Å². The average molecular weight is 130 g/mol. The zero-order chi connectivity index (χ0) is 7.11. The third-order valence-electron chi connectivity index (χ3n) is 0.496. The van der Waals surface area contributed by atoms with Gasteiger partial charge in [-0.1, -0.05) is 0 Å². The maximum absolute atomic E-state index is 8.36. The molecule has 0 spiro atoms. The molecule has 0 saturated heterocycles. The van der Waals surface area contributed by atoms with Crippen LogP contribution in [0.5, 0.6) is 0 Å².